The lowest BCUT2D eigenvalue weighted by Gasteiger charge is -2.17. The Kier molecular flexibility index (Phi) is 4.03. The predicted octanol–water partition coefficient (Wildman–Crippen LogP) is 0.546. The van der Waals surface area contributed by atoms with Gasteiger partial charge < -0.3 is 15.5 Å². The van der Waals surface area contributed by atoms with Crippen LogP contribution in [-0.4, -0.2) is 49.4 Å². The van der Waals surface area contributed by atoms with Crippen LogP contribution in [-0.2, 0) is 4.79 Å². The van der Waals surface area contributed by atoms with E-state index in [4.69, 9.17) is 0 Å². The molecule has 6 heteroatoms. The third-order valence-corrected chi connectivity index (χ3v) is 4.83. The van der Waals surface area contributed by atoms with Crippen molar-refractivity contribution in [3.63, 3.8) is 0 Å². The molecule has 2 saturated heterocycles. The maximum Gasteiger partial charge on any atom is 0.252 e. The summed E-state index contributed by atoms with van der Waals surface area (Å²) < 4.78 is 0. The zero-order valence-corrected chi connectivity index (χ0v) is 12.1. The van der Waals surface area contributed by atoms with Crippen molar-refractivity contribution in [2.75, 3.05) is 32.7 Å². The molecule has 0 aliphatic carbocycles. The average molecular weight is 293 g/mol. The van der Waals surface area contributed by atoms with Crippen LogP contribution >= 0.6 is 11.3 Å². The molecule has 0 radical (unpaired) electrons. The van der Waals surface area contributed by atoms with E-state index in [-0.39, 0.29) is 11.8 Å². The van der Waals surface area contributed by atoms with Crippen LogP contribution in [0.2, 0.25) is 0 Å². The molecule has 108 valence electrons. The monoisotopic (exact) mass is 293 g/mol. The largest absolute Gasteiger partial charge is 0.351 e. The number of amides is 2. The van der Waals surface area contributed by atoms with Crippen molar-refractivity contribution >= 4 is 23.2 Å². The van der Waals surface area contributed by atoms with Gasteiger partial charge in [-0.2, -0.15) is 11.3 Å². The van der Waals surface area contributed by atoms with Crippen molar-refractivity contribution in [3.8, 4) is 0 Å². The molecule has 3 heterocycles. The van der Waals surface area contributed by atoms with Crippen molar-refractivity contribution in [3.05, 3.63) is 22.4 Å². The van der Waals surface area contributed by atoms with E-state index >= 15 is 0 Å². The zero-order chi connectivity index (χ0) is 13.9. The van der Waals surface area contributed by atoms with Gasteiger partial charge in [0, 0.05) is 50.1 Å². The molecule has 20 heavy (non-hydrogen) atoms. The number of nitrogens with one attached hydrogen (secondary N) is 2. The molecule has 2 aliphatic rings. The first-order chi connectivity index (χ1) is 9.74. The third kappa shape index (κ3) is 2.86. The van der Waals surface area contributed by atoms with Gasteiger partial charge >= 0.3 is 0 Å². The van der Waals surface area contributed by atoms with Crippen molar-refractivity contribution < 1.29 is 9.59 Å². The summed E-state index contributed by atoms with van der Waals surface area (Å²) in [5.41, 5.74) is 0.671. The third-order valence-electron chi connectivity index (χ3n) is 4.15. The number of hydrogen-bond donors (Lipinski definition) is 2. The standard InChI is InChI=1S/C14H19N3O2S/c18-13(17-7-11-5-15-6-12(11)8-17)1-3-16-14(19)10-2-4-20-9-10/h2,4,9,11-12,15H,1,3,5-8H2,(H,16,19)/t11-,12+. The summed E-state index contributed by atoms with van der Waals surface area (Å²) in [7, 11) is 0. The fraction of sp³-hybridized carbons (Fsp3) is 0.571. The Bertz CT molecular complexity index is 477. The summed E-state index contributed by atoms with van der Waals surface area (Å²) in [6.45, 7) is 4.22. The summed E-state index contributed by atoms with van der Waals surface area (Å²) in [6, 6.07) is 1.79. The van der Waals surface area contributed by atoms with Gasteiger partial charge in [-0.05, 0) is 23.3 Å². The highest BCUT2D eigenvalue weighted by Gasteiger charge is 2.37. The van der Waals surface area contributed by atoms with E-state index in [0.717, 1.165) is 26.2 Å². The number of likely N-dealkylation sites (tertiary alicyclic amines) is 1. The topological polar surface area (TPSA) is 61.4 Å². The van der Waals surface area contributed by atoms with E-state index in [1.807, 2.05) is 15.7 Å². The van der Waals surface area contributed by atoms with E-state index in [1.165, 1.54) is 11.3 Å². The maximum absolute atomic E-state index is 12.1. The number of thiophene rings is 1. The molecule has 0 aromatic carbocycles. The smallest absolute Gasteiger partial charge is 0.252 e. The number of rotatable bonds is 4. The molecule has 2 N–H and O–H groups in total. The van der Waals surface area contributed by atoms with Crippen LogP contribution in [0.25, 0.3) is 0 Å². The number of carbonyl (C=O) groups excluding carboxylic acids is 2. The molecule has 5 nitrogen and oxygen atoms in total. The van der Waals surface area contributed by atoms with E-state index in [0.29, 0.717) is 30.4 Å². The van der Waals surface area contributed by atoms with Gasteiger partial charge in [0.05, 0.1) is 0 Å². The summed E-state index contributed by atoms with van der Waals surface area (Å²) in [4.78, 5) is 25.8. The minimum atomic E-state index is -0.0958. The number of nitrogens with zero attached hydrogens (tertiary/aromatic N) is 1. The van der Waals surface area contributed by atoms with Gasteiger partial charge in [0.1, 0.15) is 0 Å². The van der Waals surface area contributed by atoms with Gasteiger partial charge in [-0.25, -0.2) is 0 Å². The minimum absolute atomic E-state index is 0.0958. The van der Waals surface area contributed by atoms with E-state index < -0.39 is 0 Å². The SMILES string of the molecule is O=C(NCCC(=O)N1C[C@H]2CNC[C@H]2C1)c1ccsc1. The van der Waals surface area contributed by atoms with Crippen LogP contribution < -0.4 is 10.6 Å². The zero-order valence-electron chi connectivity index (χ0n) is 11.3. The molecule has 2 atom stereocenters. The molecule has 0 bridgehead atoms. The van der Waals surface area contributed by atoms with Crippen LogP contribution in [0, 0.1) is 11.8 Å². The molecule has 2 amide bonds. The summed E-state index contributed by atoms with van der Waals surface area (Å²) in [5, 5.41) is 9.84. The average Bonchev–Trinajstić information content (AvgIpc) is 3.14. The van der Waals surface area contributed by atoms with Crippen molar-refractivity contribution in [1.29, 1.82) is 0 Å². The van der Waals surface area contributed by atoms with Gasteiger partial charge in [-0.3, -0.25) is 9.59 Å². The summed E-state index contributed by atoms with van der Waals surface area (Å²) in [5.74, 6) is 1.31. The second kappa shape index (κ2) is 5.93. The summed E-state index contributed by atoms with van der Waals surface area (Å²) in [6.07, 6.45) is 0.392. The van der Waals surface area contributed by atoms with Crippen LogP contribution in [0.5, 0.6) is 0 Å². The van der Waals surface area contributed by atoms with Crippen LogP contribution in [0.15, 0.2) is 16.8 Å². The van der Waals surface area contributed by atoms with E-state index in [1.54, 1.807) is 6.07 Å². The predicted molar refractivity (Wildman–Crippen MR) is 77.7 cm³/mol. The maximum atomic E-state index is 12.1. The normalized spacial score (nSPS) is 24.7. The summed E-state index contributed by atoms with van der Waals surface area (Å²) >= 11 is 1.50. The van der Waals surface area contributed by atoms with Crippen molar-refractivity contribution in [1.82, 2.24) is 15.5 Å². The number of carbonyl (C=O) groups is 2. The Morgan fingerprint density at radius 1 is 1.35 bits per heavy atom. The van der Waals surface area contributed by atoms with Gasteiger partial charge in [0.25, 0.3) is 5.91 Å². The molecule has 0 spiro atoms. The fourth-order valence-corrected chi connectivity index (χ4v) is 3.63. The highest BCUT2D eigenvalue weighted by Crippen LogP contribution is 2.26. The molecule has 1 aromatic heterocycles. The lowest BCUT2D eigenvalue weighted by atomic mass is 10.0. The minimum Gasteiger partial charge on any atom is -0.351 e. The molecule has 2 aliphatic heterocycles. The fourth-order valence-electron chi connectivity index (χ4n) is 3.00. The highest BCUT2D eigenvalue weighted by atomic mass is 32.1. The molecule has 3 rings (SSSR count). The van der Waals surface area contributed by atoms with Crippen LogP contribution in [0.3, 0.4) is 0 Å². The Hall–Kier alpha value is -1.40. The lowest BCUT2D eigenvalue weighted by Crippen LogP contribution is -2.34. The first-order valence-corrected chi connectivity index (χ1v) is 7.97. The first kappa shape index (κ1) is 13.6. The molecule has 0 saturated carbocycles. The number of fused-ring (bicyclic) bond motifs is 1. The van der Waals surface area contributed by atoms with Crippen molar-refractivity contribution in [2.45, 2.75) is 6.42 Å². The van der Waals surface area contributed by atoms with Gasteiger partial charge in [-0.1, -0.05) is 0 Å². The van der Waals surface area contributed by atoms with Gasteiger partial charge in [-0.15, -0.1) is 0 Å². The molecule has 1 aromatic rings. The molecule has 2 fully saturated rings. The van der Waals surface area contributed by atoms with Crippen LogP contribution in [0.4, 0.5) is 0 Å². The van der Waals surface area contributed by atoms with E-state index in [9.17, 15) is 9.59 Å². The van der Waals surface area contributed by atoms with Gasteiger partial charge in [0.15, 0.2) is 0 Å². The molecular formula is C14H19N3O2S. The number of hydrogen-bond acceptors (Lipinski definition) is 4. The second-order valence-corrected chi connectivity index (χ2v) is 6.28. The second-order valence-electron chi connectivity index (χ2n) is 5.50. The highest BCUT2D eigenvalue weighted by molar-refractivity contribution is 7.08. The van der Waals surface area contributed by atoms with E-state index in [2.05, 4.69) is 10.6 Å². The Balaban J connectivity index is 1.40. The first-order valence-electron chi connectivity index (χ1n) is 7.03. The Labute approximate surface area is 122 Å². The Morgan fingerprint density at radius 2 is 2.10 bits per heavy atom. The quantitative estimate of drug-likeness (QED) is 0.852. The Morgan fingerprint density at radius 3 is 2.75 bits per heavy atom. The van der Waals surface area contributed by atoms with Gasteiger partial charge in [0.2, 0.25) is 5.91 Å². The van der Waals surface area contributed by atoms with Crippen LogP contribution in [0.1, 0.15) is 16.8 Å². The van der Waals surface area contributed by atoms with Crippen molar-refractivity contribution in [2.24, 2.45) is 11.8 Å². The lowest BCUT2D eigenvalue weighted by molar-refractivity contribution is -0.130. The molecular weight excluding hydrogens is 274 g/mol. The molecule has 0 unspecified atom stereocenters.